The molecule has 86 valence electrons. The Morgan fingerprint density at radius 3 is 2.69 bits per heavy atom. The molecule has 1 aliphatic rings. The summed E-state index contributed by atoms with van der Waals surface area (Å²) in [6.45, 7) is 0. The third kappa shape index (κ3) is 2.13. The van der Waals surface area contributed by atoms with Gasteiger partial charge in [0.1, 0.15) is 11.9 Å². The Morgan fingerprint density at radius 2 is 2.06 bits per heavy atom. The van der Waals surface area contributed by atoms with Gasteiger partial charge in [-0.3, -0.25) is 4.79 Å². The Hall–Kier alpha value is -1.65. The first-order valence-electron chi connectivity index (χ1n) is 4.91. The number of benzene rings is 1. The molecule has 0 aromatic heterocycles. The molecule has 16 heavy (non-hydrogen) atoms. The molecule has 1 aromatic rings. The molecule has 1 fully saturated rings. The molecule has 5 heteroatoms. The number of carboxylic acid groups (broad SMARTS) is 1. The minimum absolute atomic E-state index is 0.158. The lowest BCUT2D eigenvalue weighted by Gasteiger charge is -2.32. The number of carbonyl (C=O) groups is 1. The second kappa shape index (κ2) is 4.08. The maximum Gasteiger partial charge on any atom is 0.306 e. The monoisotopic (exact) mass is 228 g/mol. The van der Waals surface area contributed by atoms with Crippen molar-refractivity contribution in [3.05, 3.63) is 29.8 Å². The highest BCUT2D eigenvalue weighted by molar-refractivity contribution is 5.71. The van der Waals surface area contributed by atoms with E-state index in [1.165, 1.54) is 0 Å². The molecular weight excluding hydrogens is 218 g/mol. The van der Waals surface area contributed by atoms with Crippen molar-refractivity contribution in [2.24, 2.45) is 5.92 Å². The van der Waals surface area contributed by atoms with E-state index in [9.17, 15) is 13.6 Å². The SMILES string of the molecule is O=C(O)[C@H]1C[C@H](Oc2cc(F)ccc2F)C1. The summed E-state index contributed by atoms with van der Waals surface area (Å²) in [5.74, 6) is -2.68. The van der Waals surface area contributed by atoms with Crippen LogP contribution in [0.3, 0.4) is 0 Å². The van der Waals surface area contributed by atoms with E-state index in [4.69, 9.17) is 9.84 Å². The van der Waals surface area contributed by atoms with Gasteiger partial charge in [0, 0.05) is 6.07 Å². The first-order chi connectivity index (χ1) is 7.56. The van der Waals surface area contributed by atoms with Crippen LogP contribution in [-0.4, -0.2) is 17.2 Å². The Bertz CT molecular complexity index is 414. The lowest BCUT2D eigenvalue weighted by Crippen LogP contribution is -2.38. The number of halogens is 2. The van der Waals surface area contributed by atoms with Gasteiger partial charge in [0.15, 0.2) is 11.6 Å². The van der Waals surface area contributed by atoms with Crippen molar-refractivity contribution < 1.29 is 23.4 Å². The molecule has 0 unspecified atom stereocenters. The summed E-state index contributed by atoms with van der Waals surface area (Å²) >= 11 is 0. The molecule has 1 saturated carbocycles. The minimum Gasteiger partial charge on any atom is -0.487 e. The summed E-state index contributed by atoms with van der Waals surface area (Å²) in [5.41, 5.74) is 0. The van der Waals surface area contributed by atoms with E-state index in [0.717, 1.165) is 18.2 Å². The summed E-state index contributed by atoms with van der Waals surface area (Å²) in [6, 6.07) is 2.95. The highest BCUT2D eigenvalue weighted by Crippen LogP contribution is 2.32. The van der Waals surface area contributed by atoms with Crippen LogP contribution in [0.5, 0.6) is 5.75 Å². The Morgan fingerprint density at radius 1 is 1.38 bits per heavy atom. The van der Waals surface area contributed by atoms with Gasteiger partial charge < -0.3 is 9.84 Å². The number of ether oxygens (including phenoxy) is 1. The van der Waals surface area contributed by atoms with Gasteiger partial charge in [-0.1, -0.05) is 0 Å². The van der Waals surface area contributed by atoms with Crippen LogP contribution in [0.15, 0.2) is 18.2 Å². The first-order valence-corrected chi connectivity index (χ1v) is 4.91. The predicted octanol–water partition coefficient (Wildman–Crippen LogP) is 2.21. The lowest BCUT2D eigenvalue weighted by molar-refractivity contribution is -0.148. The van der Waals surface area contributed by atoms with Crippen LogP contribution in [0.25, 0.3) is 0 Å². The van der Waals surface area contributed by atoms with Crippen LogP contribution in [0.2, 0.25) is 0 Å². The number of carboxylic acids is 1. The summed E-state index contributed by atoms with van der Waals surface area (Å²) in [4.78, 5) is 10.5. The quantitative estimate of drug-likeness (QED) is 0.862. The lowest BCUT2D eigenvalue weighted by atomic mass is 9.82. The van der Waals surface area contributed by atoms with Crippen LogP contribution in [-0.2, 0) is 4.79 Å². The van der Waals surface area contributed by atoms with Crippen molar-refractivity contribution in [1.82, 2.24) is 0 Å². The van der Waals surface area contributed by atoms with Crippen molar-refractivity contribution in [3.63, 3.8) is 0 Å². The minimum atomic E-state index is -0.875. The van der Waals surface area contributed by atoms with E-state index in [1.54, 1.807) is 0 Å². The van der Waals surface area contributed by atoms with E-state index in [1.807, 2.05) is 0 Å². The molecule has 1 aliphatic carbocycles. The van der Waals surface area contributed by atoms with Crippen LogP contribution in [0, 0.1) is 17.6 Å². The molecule has 3 nitrogen and oxygen atoms in total. The molecule has 0 bridgehead atoms. The molecular formula is C11H10F2O3. The smallest absolute Gasteiger partial charge is 0.306 e. The third-order valence-electron chi connectivity index (χ3n) is 2.63. The van der Waals surface area contributed by atoms with E-state index >= 15 is 0 Å². The van der Waals surface area contributed by atoms with Crippen molar-refractivity contribution in [1.29, 1.82) is 0 Å². The fourth-order valence-electron chi connectivity index (χ4n) is 1.61. The normalized spacial score (nSPS) is 23.6. The molecule has 0 spiro atoms. The van der Waals surface area contributed by atoms with Crippen LogP contribution >= 0.6 is 0 Å². The zero-order valence-corrected chi connectivity index (χ0v) is 8.32. The molecule has 0 atom stereocenters. The van der Waals surface area contributed by atoms with Gasteiger partial charge in [-0.25, -0.2) is 8.78 Å². The van der Waals surface area contributed by atoms with E-state index < -0.39 is 23.5 Å². The average Bonchev–Trinajstić information content (AvgIpc) is 2.15. The molecule has 0 aliphatic heterocycles. The summed E-state index contributed by atoms with van der Waals surface area (Å²) in [5, 5.41) is 8.63. The van der Waals surface area contributed by atoms with Gasteiger partial charge >= 0.3 is 5.97 Å². The number of rotatable bonds is 3. The predicted molar refractivity (Wildman–Crippen MR) is 51.1 cm³/mol. The first kappa shape index (κ1) is 10.9. The zero-order valence-electron chi connectivity index (χ0n) is 8.32. The van der Waals surface area contributed by atoms with Gasteiger partial charge in [0.25, 0.3) is 0 Å². The van der Waals surface area contributed by atoms with Crippen molar-refractivity contribution in [3.8, 4) is 5.75 Å². The Balaban J connectivity index is 1.96. The molecule has 0 saturated heterocycles. The zero-order chi connectivity index (χ0) is 11.7. The van der Waals surface area contributed by atoms with Gasteiger partial charge in [0.2, 0.25) is 0 Å². The second-order valence-corrected chi connectivity index (χ2v) is 3.82. The van der Waals surface area contributed by atoms with Crippen LogP contribution < -0.4 is 4.74 Å². The number of hydrogen-bond acceptors (Lipinski definition) is 2. The van der Waals surface area contributed by atoms with Crippen molar-refractivity contribution >= 4 is 5.97 Å². The number of hydrogen-bond donors (Lipinski definition) is 1. The van der Waals surface area contributed by atoms with Gasteiger partial charge in [-0.15, -0.1) is 0 Å². The maximum absolute atomic E-state index is 13.1. The molecule has 0 radical (unpaired) electrons. The van der Waals surface area contributed by atoms with Crippen LogP contribution in [0.4, 0.5) is 8.78 Å². The summed E-state index contributed by atoms with van der Waals surface area (Å²) in [6.07, 6.45) is 0.341. The molecule has 0 amide bonds. The molecule has 0 heterocycles. The summed E-state index contributed by atoms with van der Waals surface area (Å²) < 4.78 is 31.1. The highest BCUT2D eigenvalue weighted by Gasteiger charge is 2.36. The topological polar surface area (TPSA) is 46.5 Å². The summed E-state index contributed by atoms with van der Waals surface area (Å²) in [7, 11) is 0. The molecule has 2 rings (SSSR count). The van der Waals surface area contributed by atoms with E-state index in [0.29, 0.717) is 12.8 Å². The Kier molecular flexibility index (Phi) is 2.77. The third-order valence-corrected chi connectivity index (χ3v) is 2.63. The van der Waals surface area contributed by atoms with Crippen molar-refractivity contribution in [2.75, 3.05) is 0 Å². The molecule has 1 aromatic carbocycles. The Labute approximate surface area is 90.7 Å². The fourth-order valence-corrected chi connectivity index (χ4v) is 1.61. The van der Waals surface area contributed by atoms with E-state index in [-0.39, 0.29) is 11.9 Å². The van der Waals surface area contributed by atoms with Gasteiger partial charge in [-0.05, 0) is 25.0 Å². The fraction of sp³-hybridized carbons (Fsp3) is 0.364. The van der Waals surface area contributed by atoms with Crippen LogP contribution in [0.1, 0.15) is 12.8 Å². The van der Waals surface area contributed by atoms with Crippen molar-refractivity contribution in [2.45, 2.75) is 18.9 Å². The van der Waals surface area contributed by atoms with Gasteiger partial charge in [0.05, 0.1) is 5.92 Å². The molecule has 1 N–H and O–H groups in total. The number of aliphatic carboxylic acids is 1. The largest absolute Gasteiger partial charge is 0.487 e. The maximum atomic E-state index is 13.1. The van der Waals surface area contributed by atoms with E-state index in [2.05, 4.69) is 0 Å². The standard InChI is InChI=1S/C11H10F2O3/c12-7-1-2-9(13)10(5-7)16-8-3-6(4-8)11(14)15/h1-2,5-6,8H,3-4H2,(H,14,15)/t6-,8-. The highest BCUT2D eigenvalue weighted by atomic mass is 19.1. The average molecular weight is 228 g/mol. The van der Waals surface area contributed by atoms with Gasteiger partial charge in [-0.2, -0.15) is 0 Å². The second-order valence-electron chi connectivity index (χ2n) is 3.82.